The monoisotopic (exact) mass is 566 g/mol. The van der Waals surface area contributed by atoms with Crippen molar-refractivity contribution in [1.82, 2.24) is 15.1 Å². The van der Waals surface area contributed by atoms with Crippen LogP contribution >= 0.6 is 15.9 Å². The third-order valence-corrected chi connectivity index (χ3v) is 7.30. The topological polar surface area (TPSA) is 103 Å². The highest BCUT2D eigenvalue weighted by Crippen LogP contribution is 2.25. The lowest BCUT2D eigenvalue weighted by Crippen LogP contribution is -2.51. The van der Waals surface area contributed by atoms with Gasteiger partial charge in [-0.2, -0.15) is 0 Å². The van der Waals surface area contributed by atoms with E-state index in [9.17, 15) is 19.2 Å². The maximum atomic E-state index is 12.8. The lowest BCUT2D eigenvalue weighted by molar-refractivity contribution is -0.130. The number of piperazine rings is 1. The summed E-state index contributed by atoms with van der Waals surface area (Å²) in [5, 5.41) is 2.94. The molecule has 0 atom stereocenters. The zero-order chi connectivity index (χ0) is 25.9. The van der Waals surface area contributed by atoms with E-state index >= 15 is 0 Å². The molecule has 3 aromatic rings. The first kappa shape index (κ1) is 25.0. The largest absolute Gasteiger partial charge is 0.451 e. The van der Waals surface area contributed by atoms with Crippen molar-refractivity contribution in [3.8, 4) is 0 Å². The molecule has 0 spiro atoms. The van der Waals surface area contributed by atoms with E-state index in [1.54, 1.807) is 23.1 Å². The number of anilines is 1. The van der Waals surface area contributed by atoms with Gasteiger partial charge in [0.15, 0.2) is 11.2 Å². The van der Waals surface area contributed by atoms with Crippen LogP contribution in [0.25, 0.3) is 11.0 Å². The van der Waals surface area contributed by atoms with Gasteiger partial charge in [0.25, 0.3) is 5.91 Å². The highest BCUT2D eigenvalue weighted by molar-refractivity contribution is 9.10. The number of hydrogen-bond acceptors (Lipinski definition) is 6. The van der Waals surface area contributed by atoms with Gasteiger partial charge in [-0.1, -0.05) is 34.1 Å². The first-order chi connectivity index (χ1) is 17.9. The molecule has 0 saturated carbocycles. The smallest absolute Gasteiger partial charge is 0.287 e. The minimum absolute atomic E-state index is 0.134. The molecule has 5 rings (SSSR count). The van der Waals surface area contributed by atoms with Crippen molar-refractivity contribution in [2.75, 3.05) is 44.2 Å². The van der Waals surface area contributed by atoms with Gasteiger partial charge in [0, 0.05) is 61.9 Å². The number of carbonyl (C=O) groups excluding carboxylic acids is 3. The Labute approximate surface area is 222 Å². The van der Waals surface area contributed by atoms with Gasteiger partial charge in [0.2, 0.25) is 11.8 Å². The SMILES string of the molecule is O=C(NCC(=O)N1CCN(c2ccccc2CN2CCCC2=O)CC1)c1cc(=O)c2cc(Br)ccc2o1. The van der Waals surface area contributed by atoms with Crippen molar-refractivity contribution in [3.63, 3.8) is 0 Å². The molecule has 1 N–H and O–H groups in total. The molecule has 2 aliphatic heterocycles. The van der Waals surface area contributed by atoms with Crippen LogP contribution in [0.2, 0.25) is 0 Å². The molecule has 0 aliphatic carbocycles. The molecular weight excluding hydrogens is 540 g/mol. The van der Waals surface area contributed by atoms with Gasteiger partial charge < -0.3 is 24.4 Å². The third-order valence-electron chi connectivity index (χ3n) is 6.81. The fraction of sp³-hybridized carbons (Fsp3) is 0.333. The van der Waals surface area contributed by atoms with Gasteiger partial charge >= 0.3 is 0 Å². The summed E-state index contributed by atoms with van der Waals surface area (Å²) in [4.78, 5) is 55.7. The number of likely N-dealkylation sites (tertiary alicyclic amines) is 1. The summed E-state index contributed by atoms with van der Waals surface area (Å²) in [5.74, 6) is -0.746. The van der Waals surface area contributed by atoms with E-state index in [1.807, 2.05) is 17.0 Å². The predicted octanol–water partition coefficient (Wildman–Crippen LogP) is 2.76. The summed E-state index contributed by atoms with van der Waals surface area (Å²) in [6.45, 7) is 3.55. The number of rotatable bonds is 6. The van der Waals surface area contributed by atoms with Gasteiger partial charge in [-0.25, -0.2) is 0 Å². The molecule has 0 unspecified atom stereocenters. The molecule has 0 bridgehead atoms. The van der Waals surface area contributed by atoms with Crippen LogP contribution in [0.15, 0.2) is 62.2 Å². The average molecular weight is 567 g/mol. The molecule has 0 radical (unpaired) electrons. The zero-order valence-corrected chi connectivity index (χ0v) is 21.8. The number of hydrogen-bond donors (Lipinski definition) is 1. The second-order valence-electron chi connectivity index (χ2n) is 9.21. The van der Waals surface area contributed by atoms with E-state index in [0.29, 0.717) is 50.1 Å². The van der Waals surface area contributed by atoms with Crippen LogP contribution in [0.4, 0.5) is 5.69 Å². The maximum absolute atomic E-state index is 12.8. The zero-order valence-electron chi connectivity index (χ0n) is 20.2. The van der Waals surface area contributed by atoms with Crippen LogP contribution in [0, 0.1) is 0 Å². The summed E-state index contributed by atoms with van der Waals surface area (Å²) in [7, 11) is 0. The van der Waals surface area contributed by atoms with Crippen LogP contribution < -0.4 is 15.6 Å². The van der Waals surface area contributed by atoms with E-state index < -0.39 is 5.91 Å². The Morgan fingerprint density at radius 2 is 1.76 bits per heavy atom. The molecule has 37 heavy (non-hydrogen) atoms. The number of para-hydroxylation sites is 1. The Kier molecular flexibility index (Phi) is 7.27. The number of nitrogens with one attached hydrogen (secondary N) is 1. The lowest BCUT2D eigenvalue weighted by atomic mass is 10.1. The lowest BCUT2D eigenvalue weighted by Gasteiger charge is -2.37. The summed E-state index contributed by atoms with van der Waals surface area (Å²) < 4.78 is 6.31. The van der Waals surface area contributed by atoms with E-state index in [2.05, 4.69) is 38.3 Å². The summed E-state index contributed by atoms with van der Waals surface area (Å²) in [6.07, 6.45) is 1.52. The number of amides is 3. The minimum atomic E-state index is -0.612. The first-order valence-corrected chi connectivity index (χ1v) is 13.1. The number of fused-ring (bicyclic) bond motifs is 1. The Morgan fingerprint density at radius 1 is 0.973 bits per heavy atom. The Balaban J connectivity index is 1.16. The van der Waals surface area contributed by atoms with Crippen molar-refractivity contribution in [3.05, 3.63) is 74.6 Å². The van der Waals surface area contributed by atoms with Crippen LogP contribution in [0.3, 0.4) is 0 Å². The fourth-order valence-electron chi connectivity index (χ4n) is 4.82. The number of nitrogens with zero attached hydrogens (tertiary/aromatic N) is 3. The highest BCUT2D eigenvalue weighted by Gasteiger charge is 2.25. The average Bonchev–Trinajstić information content (AvgIpc) is 3.31. The third kappa shape index (κ3) is 5.53. The van der Waals surface area contributed by atoms with Gasteiger partial charge in [-0.15, -0.1) is 0 Å². The van der Waals surface area contributed by atoms with Crippen molar-refractivity contribution in [2.45, 2.75) is 19.4 Å². The fourth-order valence-corrected chi connectivity index (χ4v) is 5.18. The van der Waals surface area contributed by atoms with Crippen molar-refractivity contribution >= 4 is 50.3 Å². The summed E-state index contributed by atoms with van der Waals surface area (Å²) in [5.41, 5.74) is 2.16. The molecule has 9 nitrogen and oxygen atoms in total. The number of carbonyl (C=O) groups is 3. The maximum Gasteiger partial charge on any atom is 0.287 e. The molecule has 192 valence electrons. The van der Waals surface area contributed by atoms with Crippen molar-refractivity contribution in [2.24, 2.45) is 0 Å². The van der Waals surface area contributed by atoms with Crippen LogP contribution in [-0.4, -0.2) is 66.8 Å². The van der Waals surface area contributed by atoms with Gasteiger partial charge in [0.05, 0.1) is 11.9 Å². The standard InChI is InChI=1S/C27H27BrN4O5/c28-19-7-8-23-20(14-19)22(33)15-24(37-23)27(36)29-16-26(35)31-12-10-30(11-13-31)21-5-2-1-4-18(21)17-32-9-3-6-25(32)34/h1-2,4-5,7-8,14-15H,3,6,9-13,16-17H2,(H,29,36). The molecule has 3 amide bonds. The Morgan fingerprint density at radius 3 is 2.51 bits per heavy atom. The molecular formula is C27H27BrN4O5. The van der Waals surface area contributed by atoms with E-state index in [-0.39, 0.29) is 29.5 Å². The normalized spacial score (nSPS) is 15.9. The van der Waals surface area contributed by atoms with Gasteiger partial charge in [-0.05, 0) is 36.2 Å². The van der Waals surface area contributed by atoms with Crippen molar-refractivity contribution in [1.29, 1.82) is 0 Å². The second kappa shape index (κ2) is 10.8. The Hall–Kier alpha value is -3.66. The van der Waals surface area contributed by atoms with E-state index in [4.69, 9.17) is 4.42 Å². The van der Waals surface area contributed by atoms with Crippen LogP contribution in [0.1, 0.15) is 29.0 Å². The molecule has 2 aromatic carbocycles. The predicted molar refractivity (Wildman–Crippen MR) is 142 cm³/mol. The quantitative estimate of drug-likeness (QED) is 0.492. The minimum Gasteiger partial charge on any atom is -0.451 e. The highest BCUT2D eigenvalue weighted by atomic mass is 79.9. The molecule has 3 heterocycles. The first-order valence-electron chi connectivity index (χ1n) is 12.3. The number of halogens is 1. The molecule has 2 saturated heterocycles. The van der Waals surface area contributed by atoms with E-state index in [1.165, 1.54) is 0 Å². The van der Waals surface area contributed by atoms with Gasteiger partial charge in [-0.3, -0.25) is 19.2 Å². The summed E-state index contributed by atoms with van der Waals surface area (Å²) >= 11 is 3.31. The second-order valence-corrected chi connectivity index (χ2v) is 10.1. The van der Waals surface area contributed by atoms with Crippen LogP contribution in [0.5, 0.6) is 0 Å². The molecule has 1 aromatic heterocycles. The molecule has 10 heteroatoms. The molecule has 2 aliphatic rings. The Bertz CT molecular complexity index is 1410. The van der Waals surface area contributed by atoms with Crippen LogP contribution in [-0.2, 0) is 16.1 Å². The van der Waals surface area contributed by atoms with E-state index in [0.717, 1.165) is 34.8 Å². The van der Waals surface area contributed by atoms with Gasteiger partial charge in [0.1, 0.15) is 5.58 Å². The van der Waals surface area contributed by atoms with Crippen molar-refractivity contribution < 1.29 is 18.8 Å². The number of benzene rings is 2. The summed E-state index contributed by atoms with van der Waals surface area (Å²) in [6, 6.07) is 14.2. The molecule has 2 fully saturated rings.